The van der Waals surface area contributed by atoms with Crippen LogP contribution in [-0.2, 0) is 4.79 Å². The van der Waals surface area contributed by atoms with E-state index in [1.807, 2.05) is 31.2 Å². The van der Waals surface area contributed by atoms with E-state index in [9.17, 15) is 4.79 Å². The monoisotopic (exact) mass is 201 g/mol. The zero-order valence-corrected chi connectivity index (χ0v) is 8.32. The standard InChI is InChI=1S/C11H11N3O/c1-8-3-2-4-10(5-8)14-7-9(6-12)11(13)15/h2-5,7,14H,1H3,(H2,13,15)/b9-7+. The van der Waals surface area contributed by atoms with Gasteiger partial charge in [0, 0.05) is 11.9 Å². The SMILES string of the molecule is Cc1cccc(N/C=C(\C#N)C(N)=O)c1. The number of nitrogens with zero attached hydrogens (tertiary/aromatic N) is 1. The molecule has 0 radical (unpaired) electrons. The molecule has 1 aromatic carbocycles. The maximum Gasteiger partial charge on any atom is 0.260 e. The Kier molecular flexibility index (Phi) is 3.47. The third-order valence-corrected chi connectivity index (χ3v) is 1.79. The van der Waals surface area contributed by atoms with Crippen molar-refractivity contribution in [2.75, 3.05) is 5.32 Å². The number of nitrogens with two attached hydrogens (primary N) is 1. The molecule has 1 aromatic rings. The highest BCUT2D eigenvalue weighted by Gasteiger charge is 2.01. The van der Waals surface area contributed by atoms with E-state index in [2.05, 4.69) is 5.32 Å². The van der Waals surface area contributed by atoms with Crippen LogP contribution in [0, 0.1) is 18.3 Å². The minimum atomic E-state index is -0.738. The minimum Gasteiger partial charge on any atom is -0.365 e. The molecule has 0 heterocycles. The van der Waals surface area contributed by atoms with Crippen LogP contribution in [-0.4, -0.2) is 5.91 Å². The number of carbonyl (C=O) groups excluding carboxylic acids is 1. The molecule has 0 aliphatic rings. The van der Waals surface area contributed by atoms with E-state index < -0.39 is 5.91 Å². The summed E-state index contributed by atoms with van der Waals surface area (Å²) in [4.78, 5) is 10.7. The van der Waals surface area contributed by atoms with Gasteiger partial charge < -0.3 is 11.1 Å². The Morgan fingerprint density at radius 1 is 1.60 bits per heavy atom. The van der Waals surface area contributed by atoms with Crippen molar-refractivity contribution in [2.24, 2.45) is 5.73 Å². The molecule has 0 aromatic heterocycles. The average Bonchev–Trinajstić information content (AvgIpc) is 2.18. The Bertz CT molecular complexity index is 443. The van der Waals surface area contributed by atoms with E-state index in [0.717, 1.165) is 11.3 Å². The normalized spacial score (nSPS) is 10.5. The van der Waals surface area contributed by atoms with Crippen LogP contribution in [0.3, 0.4) is 0 Å². The summed E-state index contributed by atoms with van der Waals surface area (Å²) in [6.07, 6.45) is 1.30. The summed E-state index contributed by atoms with van der Waals surface area (Å²) in [5, 5.41) is 11.4. The molecule has 0 spiro atoms. The molecule has 3 N–H and O–H groups in total. The third kappa shape index (κ3) is 3.16. The van der Waals surface area contributed by atoms with Crippen LogP contribution in [0.2, 0.25) is 0 Å². The van der Waals surface area contributed by atoms with E-state index in [4.69, 9.17) is 11.0 Å². The van der Waals surface area contributed by atoms with E-state index in [0.29, 0.717) is 0 Å². The van der Waals surface area contributed by atoms with Gasteiger partial charge >= 0.3 is 0 Å². The van der Waals surface area contributed by atoms with Gasteiger partial charge in [-0.3, -0.25) is 4.79 Å². The predicted molar refractivity (Wildman–Crippen MR) is 57.7 cm³/mol. The zero-order valence-electron chi connectivity index (χ0n) is 8.32. The van der Waals surface area contributed by atoms with Crippen LogP contribution < -0.4 is 11.1 Å². The number of carbonyl (C=O) groups is 1. The lowest BCUT2D eigenvalue weighted by Gasteiger charge is -2.01. The Hall–Kier alpha value is -2.28. The number of nitriles is 1. The van der Waals surface area contributed by atoms with Gasteiger partial charge in [-0.2, -0.15) is 5.26 Å². The van der Waals surface area contributed by atoms with E-state index in [-0.39, 0.29) is 5.57 Å². The van der Waals surface area contributed by atoms with Crippen molar-refractivity contribution < 1.29 is 4.79 Å². The molecule has 0 aliphatic carbocycles. The maximum atomic E-state index is 10.7. The van der Waals surface area contributed by atoms with Gasteiger partial charge in [0.25, 0.3) is 5.91 Å². The molecular formula is C11H11N3O. The van der Waals surface area contributed by atoms with Gasteiger partial charge in [-0.1, -0.05) is 12.1 Å². The molecule has 0 atom stereocenters. The number of amides is 1. The van der Waals surface area contributed by atoms with Crippen molar-refractivity contribution in [3.05, 3.63) is 41.6 Å². The van der Waals surface area contributed by atoms with Crippen molar-refractivity contribution in [1.29, 1.82) is 5.26 Å². The van der Waals surface area contributed by atoms with E-state index in [1.165, 1.54) is 6.20 Å². The van der Waals surface area contributed by atoms with E-state index in [1.54, 1.807) is 6.07 Å². The summed E-state index contributed by atoms with van der Waals surface area (Å²) in [5.74, 6) is -0.738. The number of hydrogen-bond donors (Lipinski definition) is 2. The summed E-state index contributed by atoms with van der Waals surface area (Å²) >= 11 is 0. The summed E-state index contributed by atoms with van der Waals surface area (Å²) in [6.45, 7) is 1.95. The number of primary amides is 1. The third-order valence-electron chi connectivity index (χ3n) is 1.79. The second-order valence-electron chi connectivity index (χ2n) is 3.05. The van der Waals surface area contributed by atoms with Crippen LogP contribution in [0.25, 0.3) is 0 Å². The Morgan fingerprint density at radius 3 is 2.87 bits per heavy atom. The number of aryl methyl sites for hydroxylation is 1. The Labute approximate surface area is 88.0 Å². The Balaban J connectivity index is 2.80. The lowest BCUT2D eigenvalue weighted by Crippen LogP contribution is -2.13. The number of anilines is 1. The van der Waals surface area contributed by atoms with Crippen LogP contribution in [0.1, 0.15) is 5.56 Å². The first-order valence-corrected chi connectivity index (χ1v) is 4.37. The van der Waals surface area contributed by atoms with Crippen molar-refractivity contribution in [3.8, 4) is 6.07 Å². The molecule has 4 heteroatoms. The molecule has 76 valence electrons. The predicted octanol–water partition coefficient (Wildman–Crippen LogP) is 1.30. The summed E-state index contributed by atoms with van der Waals surface area (Å²) in [5.41, 5.74) is 6.77. The lowest BCUT2D eigenvalue weighted by atomic mass is 10.2. The summed E-state index contributed by atoms with van der Waals surface area (Å²) in [7, 11) is 0. The van der Waals surface area contributed by atoms with Gasteiger partial charge in [-0.25, -0.2) is 0 Å². The first kappa shape index (κ1) is 10.8. The smallest absolute Gasteiger partial charge is 0.260 e. The zero-order chi connectivity index (χ0) is 11.3. The Morgan fingerprint density at radius 2 is 2.33 bits per heavy atom. The molecular weight excluding hydrogens is 190 g/mol. The number of rotatable bonds is 3. The largest absolute Gasteiger partial charge is 0.365 e. The minimum absolute atomic E-state index is 0.100. The van der Waals surface area contributed by atoms with Crippen molar-refractivity contribution in [1.82, 2.24) is 0 Å². The molecule has 0 fully saturated rings. The topological polar surface area (TPSA) is 78.9 Å². The number of nitrogens with one attached hydrogen (secondary N) is 1. The fourth-order valence-electron chi connectivity index (χ4n) is 1.05. The first-order valence-electron chi connectivity index (χ1n) is 4.37. The van der Waals surface area contributed by atoms with Gasteiger partial charge in [0.15, 0.2) is 0 Å². The summed E-state index contributed by atoms with van der Waals surface area (Å²) < 4.78 is 0. The molecule has 15 heavy (non-hydrogen) atoms. The van der Waals surface area contributed by atoms with Crippen LogP contribution in [0.15, 0.2) is 36.0 Å². The number of benzene rings is 1. The molecule has 0 saturated heterocycles. The van der Waals surface area contributed by atoms with Gasteiger partial charge in [-0.15, -0.1) is 0 Å². The lowest BCUT2D eigenvalue weighted by molar-refractivity contribution is -0.114. The van der Waals surface area contributed by atoms with Gasteiger partial charge in [0.05, 0.1) is 0 Å². The van der Waals surface area contributed by atoms with Gasteiger partial charge in [0.2, 0.25) is 0 Å². The highest BCUT2D eigenvalue weighted by molar-refractivity contribution is 5.96. The molecule has 4 nitrogen and oxygen atoms in total. The molecule has 0 aliphatic heterocycles. The van der Waals surface area contributed by atoms with Gasteiger partial charge in [0.1, 0.15) is 11.6 Å². The quantitative estimate of drug-likeness (QED) is 0.571. The fraction of sp³-hybridized carbons (Fsp3) is 0.0909. The number of hydrogen-bond acceptors (Lipinski definition) is 3. The average molecular weight is 201 g/mol. The van der Waals surface area contributed by atoms with Crippen molar-refractivity contribution >= 4 is 11.6 Å². The van der Waals surface area contributed by atoms with Crippen molar-refractivity contribution in [3.63, 3.8) is 0 Å². The first-order chi connectivity index (χ1) is 7.13. The summed E-state index contributed by atoms with van der Waals surface area (Å²) in [6, 6.07) is 9.27. The maximum absolute atomic E-state index is 10.7. The highest BCUT2D eigenvalue weighted by atomic mass is 16.1. The highest BCUT2D eigenvalue weighted by Crippen LogP contribution is 2.09. The van der Waals surface area contributed by atoms with Crippen LogP contribution >= 0.6 is 0 Å². The van der Waals surface area contributed by atoms with Gasteiger partial charge in [-0.05, 0) is 24.6 Å². The molecule has 1 rings (SSSR count). The second kappa shape index (κ2) is 4.82. The van der Waals surface area contributed by atoms with E-state index >= 15 is 0 Å². The van der Waals surface area contributed by atoms with Crippen LogP contribution in [0.4, 0.5) is 5.69 Å². The van der Waals surface area contributed by atoms with Crippen molar-refractivity contribution in [2.45, 2.75) is 6.92 Å². The molecule has 0 unspecified atom stereocenters. The second-order valence-corrected chi connectivity index (χ2v) is 3.05. The van der Waals surface area contributed by atoms with Crippen LogP contribution in [0.5, 0.6) is 0 Å². The molecule has 0 saturated carbocycles. The fourth-order valence-corrected chi connectivity index (χ4v) is 1.05. The molecule has 1 amide bonds. The molecule has 0 bridgehead atoms.